The number of hydrogen-bond donors (Lipinski definition) is 2. The molecule has 0 atom stereocenters. The first-order chi connectivity index (χ1) is 9.93. The fourth-order valence-corrected chi connectivity index (χ4v) is 2.38. The molecule has 1 heterocycles. The van der Waals surface area contributed by atoms with Crippen molar-refractivity contribution >= 4 is 18.4 Å². The Labute approximate surface area is 132 Å². The van der Waals surface area contributed by atoms with E-state index in [1.807, 2.05) is 38.1 Å². The lowest BCUT2D eigenvalue weighted by Gasteiger charge is -2.39. The Bertz CT molecular complexity index is 439. The van der Waals surface area contributed by atoms with Crippen LogP contribution in [0.1, 0.15) is 31.1 Å². The van der Waals surface area contributed by atoms with E-state index in [4.69, 9.17) is 9.84 Å². The van der Waals surface area contributed by atoms with E-state index in [1.165, 1.54) is 0 Å². The molecular formula is C16H25NO3S. The van der Waals surface area contributed by atoms with Crippen molar-refractivity contribution < 1.29 is 14.6 Å². The zero-order valence-electron chi connectivity index (χ0n) is 13.0. The summed E-state index contributed by atoms with van der Waals surface area (Å²) in [5, 5.41) is 7.57. The molecule has 1 saturated heterocycles. The number of rotatable bonds is 3. The van der Waals surface area contributed by atoms with Gasteiger partial charge in [-0.2, -0.15) is 0 Å². The summed E-state index contributed by atoms with van der Waals surface area (Å²) in [5.41, 5.74) is 0.256. The van der Waals surface area contributed by atoms with Crippen LogP contribution in [-0.4, -0.2) is 54.2 Å². The smallest absolute Gasteiger partial charge is 0.182 e. The number of carbonyl (C=O) groups excluding carboxylic acids is 1. The molecule has 1 fully saturated rings. The number of Topliss-reactive ketones (excluding diaryl/α,β-unsaturated/α-hetero) is 1. The van der Waals surface area contributed by atoms with Gasteiger partial charge in [-0.25, -0.2) is 0 Å². The predicted octanol–water partition coefficient (Wildman–Crippen LogP) is 2.27. The summed E-state index contributed by atoms with van der Waals surface area (Å²) in [7, 11) is 0. The molecule has 1 N–H and O–H groups in total. The highest BCUT2D eigenvalue weighted by Gasteiger charge is 2.35. The quantitative estimate of drug-likeness (QED) is 0.664. The first-order valence-electron chi connectivity index (χ1n) is 7.21. The zero-order chi connectivity index (χ0) is 15.9. The zero-order valence-corrected chi connectivity index (χ0v) is 13.9. The number of morpholine rings is 1. The normalized spacial score (nSPS) is 16.0. The second-order valence-corrected chi connectivity index (χ2v) is 5.87. The minimum atomic E-state index is -0.484. The maximum atomic E-state index is 12.6. The Balaban J connectivity index is 0.000000677. The van der Waals surface area contributed by atoms with Crippen molar-refractivity contribution in [3.63, 3.8) is 0 Å². The van der Waals surface area contributed by atoms with Gasteiger partial charge in [0.05, 0.1) is 18.8 Å². The summed E-state index contributed by atoms with van der Waals surface area (Å²) < 4.78 is 5.33. The average molecular weight is 311 g/mol. The van der Waals surface area contributed by atoms with Gasteiger partial charge >= 0.3 is 0 Å². The van der Waals surface area contributed by atoms with Crippen molar-refractivity contribution in [1.29, 1.82) is 0 Å². The van der Waals surface area contributed by atoms with Crippen LogP contribution in [0, 0.1) is 0 Å². The van der Waals surface area contributed by atoms with Gasteiger partial charge in [0.25, 0.3) is 0 Å². The predicted molar refractivity (Wildman–Crippen MR) is 87.3 cm³/mol. The number of ether oxygens (including phenoxy) is 1. The van der Waals surface area contributed by atoms with E-state index in [1.54, 1.807) is 6.92 Å². The van der Waals surface area contributed by atoms with Crippen LogP contribution in [0.3, 0.4) is 0 Å². The molecule has 0 bridgehead atoms. The first kappa shape index (κ1) is 18.2. The maximum absolute atomic E-state index is 12.6. The van der Waals surface area contributed by atoms with Crippen LogP contribution in [0.15, 0.2) is 29.2 Å². The van der Waals surface area contributed by atoms with Gasteiger partial charge in [0.2, 0.25) is 0 Å². The minimum Gasteiger partial charge on any atom is -0.397 e. The van der Waals surface area contributed by atoms with Gasteiger partial charge in [-0.3, -0.25) is 9.69 Å². The first-order valence-corrected chi connectivity index (χ1v) is 7.65. The molecule has 1 aliphatic heterocycles. The Morgan fingerprint density at radius 2 is 1.76 bits per heavy atom. The van der Waals surface area contributed by atoms with E-state index in [0.29, 0.717) is 13.2 Å². The molecule has 0 unspecified atom stereocenters. The van der Waals surface area contributed by atoms with Crippen molar-refractivity contribution in [3.8, 4) is 0 Å². The Morgan fingerprint density at radius 3 is 2.24 bits per heavy atom. The van der Waals surface area contributed by atoms with Crippen LogP contribution in [0.25, 0.3) is 0 Å². The highest BCUT2D eigenvalue weighted by atomic mass is 32.1. The van der Waals surface area contributed by atoms with Crippen LogP contribution in [0.4, 0.5) is 0 Å². The van der Waals surface area contributed by atoms with Crippen LogP contribution in [-0.2, 0) is 4.74 Å². The van der Waals surface area contributed by atoms with Crippen molar-refractivity contribution in [1.82, 2.24) is 4.90 Å². The van der Waals surface area contributed by atoms with Crippen LogP contribution >= 0.6 is 12.6 Å². The largest absolute Gasteiger partial charge is 0.397 e. The van der Waals surface area contributed by atoms with Gasteiger partial charge in [0.15, 0.2) is 5.78 Å². The standard InChI is InChI=1S/C14H19NO2S.C2H6O/c1-14(2,15-7-9-17-10-8-15)13(16)11-3-5-12(18)6-4-11;1-2-3/h3-6,18H,7-10H2,1-2H3;3H,2H2,1H3. The molecule has 1 aromatic carbocycles. The third-order valence-corrected chi connectivity index (χ3v) is 3.78. The summed E-state index contributed by atoms with van der Waals surface area (Å²) in [6.07, 6.45) is 0. The van der Waals surface area contributed by atoms with Crippen LogP contribution in [0.5, 0.6) is 0 Å². The summed E-state index contributed by atoms with van der Waals surface area (Å²) in [6, 6.07) is 7.39. The highest BCUT2D eigenvalue weighted by molar-refractivity contribution is 7.80. The van der Waals surface area contributed by atoms with Crippen molar-refractivity contribution in [3.05, 3.63) is 29.8 Å². The lowest BCUT2D eigenvalue weighted by atomic mass is 9.91. The van der Waals surface area contributed by atoms with Gasteiger partial charge in [-0.05, 0) is 32.9 Å². The highest BCUT2D eigenvalue weighted by Crippen LogP contribution is 2.22. The van der Waals surface area contributed by atoms with E-state index in [-0.39, 0.29) is 12.4 Å². The van der Waals surface area contributed by atoms with Crippen LogP contribution < -0.4 is 0 Å². The minimum absolute atomic E-state index is 0.151. The van der Waals surface area contributed by atoms with Crippen molar-refractivity contribution in [2.45, 2.75) is 31.2 Å². The molecule has 5 heteroatoms. The van der Waals surface area contributed by atoms with Gasteiger partial charge in [-0.15, -0.1) is 12.6 Å². The monoisotopic (exact) mass is 311 g/mol. The summed E-state index contributed by atoms with van der Waals surface area (Å²) >= 11 is 4.24. The van der Waals surface area contributed by atoms with E-state index in [2.05, 4.69) is 17.5 Å². The Morgan fingerprint density at radius 1 is 1.29 bits per heavy atom. The molecule has 0 aromatic heterocycles. The van der Waals surface area contributed by atoms with Crippen LogP contribution in [0.2, 0.25) is 0 Å². The summed E-state index contributed by atoms with van der Waals surface area (Å²) in [5.74, 6) is 0.151. The van der Waals surface area contributed by atoms with E-state index >= 15 is 0 Å². The topological polar surface area (TPSA) is 49.8 Å². The van der Waals surface area contributed by atoms with Gasteiger partial charge in [0, 0.05) is 30.2 Å². The average Bonchev–Trinajstić information content (AvgIpc) is 2.49. The molecule has 118 valence electrons. The van der Waals surface area contributed by atoms with Gasteiger partial charge < -0.3 is 9.84 Å². The molecule has 4 nitrogen and oxygen atoms in total. The Hall–Kier alpha value is -0.880. The van der Waals surface area contributed by atoms with E-state index in [9.17, 15) is 4.79 Å². The number of carbonyl (C=O) groups is 1. The van der Waals surface area contributed by atoms with E-state index in [0.717, 1.165) is 23.5 Å². The lowest BCUT2D eigenvalue weighted by Crippen LogP contribution is -2.54. The third-order valence-electron chi connectivity index (χ3n) is 3.49. The number of benzene rings is 1. The lowest BCUT2D eigenvalue weighted by molar-refractivity contribution is -0.00430. The molecule has 1 aliphatic rings. The fourth-order valence-electron chi connectivity index (χ4n) is 2.23. The SMILES string of the molecule is CC(C)(C(=O)c1ccc(S)cc1)N1CCOCC1.CCO. The molecule has 0 saturated carbocycles. The number of ketones is 1. The third kappa shape index (κ3) is 5.11. The van der Waals surface area contributed by atoms with Gasteiger partial charge in [0.1, 0.15) is 0 Å². The second kappa shape index (κ2) is 8.54. The Kier molecular flexibility index (Phi) is 7.39. The van der Waals surface area contributed by atoms with Gasteiger partial charge in [-0.1, -0.05) is 12.1 Å². The van der Waals surface area contributed by atoms with E-state index < -0.39 is 5.54 Å². The van der Waals surface area contributed by atoms with Crippen molar-refractivity contribution in [2.24, 2.45) is 0 Å². The molecular weight excluding hydrogens is 286 g/mol. The second-order valence-electron chi connectivity index (χ2n) is 5.35. The number of thiol groups is 1. The molecule has 0 spiro atoms. The number of hydrogen-bond acceptors (Lipinski definition) is 5. The molecule has 0 aliphatic carbocycles. The summed E-state index contributed by atoms with van der Waals surface area (Å²) in [4.78, 5) is 15.6. The molecule has 2 rings (SSSR count). The number of aliphatic hydroxyl groups excluding tert-OH is 1. The molecule has 0 radical (unpaired) electrons. The fraction of sp³-hybridized carbons (Fsp3) is 0.562. The number of aliphatic hydroxyl groups is 1. The maximum Gasteiger partial charge on any atom is 0.182 e. The molecule has 0 amide bonds. The molecule has 21 heavy (non-hydrogen) atoms. The molecule has 1 aromatic rings. The summed E-state index contributed by atoms with van der Waals surface area (Å²) in [6.45, 7) is 8.91. The number of nitrogens with zero attached hydrogens (tertiary/aromatic N) is 1. The van der Waals surface area contributed by atoms with Crippen molar-refractivity contribution in [2.75, 3.05) is 32.9 Å².